The van der Waals surface area contributed by atoms with Gasteiger partial charge in [-0.15, -0.1) is 23.5 Å². The number of carbonyl (C=O) groups excluding carboxylic acids is 1. The first-order valence-corrected chi connectivity index (χ1v) is 7.33. The molecule has 0 saturated carbocycles. The summed E-state index contributed by atoms with van der Waals surface area (Å²) < 4.78 is 4.93. The highest BCUT2D eigenvalue weighted by atomic mass is 32.2. The fraction of sp³-hybridized carbons (Fsp3) is 0.364. The lowest BCUT2D eigenvalue weighted by Gasteiger charge is -2.08. The maximum absolute atomic E-state index is 11.7. The Balaban J connectivity index is 3.29. The van der Waals surface area contributed by atoms with E-state index in [1.54, 1.807) is 13.0 Å². The van der Waals surface area contributed by atoms with E-state index in [2.05, 4.69) is 4.98 Å². The van der Waals surface area contributed by atoms with Crippen LogP contribution in [0.2, 0.25) is 0 Å². The molecule has 1 aromatic heterocycles. The summed E-state index contributed by atoms with van der Waals surface area (Å²) in [5.74, 6) is -0.437. The van der Waals surface area contributed by atoms with E-state index in [1.807, 2.05) is 18.6 Å². The summed E-state index contributed by atoms with van der Waals surface area (Å²) in [6, 6.07) is 3.58. The summed E-state index contributed by atoms with van der Waals surface area (Å²) >= 11 is 2.75. The van der Waals surface area contributed by atoms with E-state index in [-0.39, 0.29) is 0 Å². The summed E-state index contributed by atoms with van der Waals surface area (Å²) in [6.07, 6.45) is 3.68. The van der Waals surface area contributed by atoms with Crippen molar-refractivity contribution in [2.24, 2.45) is 0 Å². The molecule has 1 aromatic rings. The van der Waals surface area contributed by atoms with Crippen LogP contribution in [0.4, 0.5) is 0 Å². The first kappa shape index (κ1) is 13.9. The fourth-order valence-electron chi connectivity index (χ4n) is 1.23. The van der Waals surface area contributed by atoms with Crippen LogP contribution in [0.5, 0.6) is 0 Å². The van der Waals surface area contributed by atoms with Gasteiger partial charge < -0.3 is 4.74 Å². The van der Waals surface area contributed by atoms with Crippen molar-refractivity contribution in [2.45, 2.75) is 17.0 Å². The lowest BCUT2D eigenvalue weighted by Crippen LogP contribution is -2.08. The molecule has 0 aromatic carbocycles. The number of rotatable bonds is 4. The van der Waals surface area contributed by atoms with Crippen molar-refractivity contribution in [1.29, 1.82) is 5.26 Å². The molecule has 6 heteroatoms. The minimum absolute atomic E-state index is 0.304. The quantitative estimate of drug-likeness (QED) is 0.618. The first-order chi connectivity index (χ1) is 8.17. The molecule has 0 saturated heterocycles. The molecule has 0 amide bonds. The van der Waals surface area contributed by atoms with Gasteiger partial charge in [-0.2, -0.15) is 5.26 Å². The van der Waals surface area contributed by atoms with Gasteiger partial charge in [0.1, 0.15) is 16.1 Å². The van der Waals surface area contributed by atoms with E-state index in [0.717, 1.165) is 0 Å². The molecule has 90 valence electrons. The van der Waals surface area contributed by atoms with Crippen LogP contribution in [0.25, 0.3) is 0 Å². The second-order valence-electron chi connectivity index (χ2n) is 2.93. The van der Waals surface area contributed by atoms with Gasteiger partial charge in [0.05, 0.1) is 17.7 Å². The Hall–Kier alpha value is -1.19. The van der Waals surface area contributed by atoms with E-state index >= 15 is 0 Å². The van der Waals surface area contributed by atoms with E-state index in [9.17, 15) is 4.79 Å². The molecule has 0 aliphatic carbocycles. The third-order valence-electron chi connectivity index (χ3n) is 1.96. The van der Waals surface area contributed by atoms with Gasteiger partial charge in [0, 0.05) is 0 Å². The molecule has 0 radical (unpaired) electrons. The van der Waals surface area contributed by atoms with E-state index < -0.39 is 5.97 Å². The van der Waals surface area contributed by atoms with E-state index in [0.29, 0.717) is 27.8 Å². The van der Waals surface area contributed by atoms with Crippen LogP contribution in [-0.4, -0.2) is 30.1 Å². The Labute approximate surface area is 109 Å². The lowest BCUT2D eigenvalue weighted by molar-refractivity contribution is 0.0521. The number of aromatic nitrogens is 1. The Morgan fingerprint density at radius 3 is 2.59 bits per heavy atom. The zero-order valence-electron chi connectivity index (χ0n) is 9.81. The Morgan fingerprint density at radius 1 is 1.47 bits per heavy atom. The molecule has 0 atom stereocenters. The van der Waals surface area contributed by atoms with Crippen LogP contribution in [0.3, 0.4) is 0 Å². The summed E-state index contributed by atoms with van der Waals surface area (Å²) in [4.78, 5) is 16.0. The predicted octanol–water partition coefficient (Wildman–Crippen LogP) is 2.57. The highest BCUT2D eigenvalue weighted by molar-refractivity contribution is 7.99. The number of hydrogen-bond donors (Lipinski definition) is 0. The van der Waals surface area contributed by atoms with Crippen molar-refractivity contribution >= 4 is 29.5 Å². The Kier molecular flexibility index (Phi) is 5.32. The van der Waals surface area contributed by atoms with Gasteiger partial charge in [-0.1, -0.05) is 0 Å². The number of thioether (sulfide) groups is 2. The van der Waals surface area contributed by atoms with Gasteiger partial charge in [0.25, 0.3) is 0 Å². The second-order valence-corrected chi connectivity index (χ2v) is 4.52. The number of carbonyl (C=O) groups is 1. The number of ether oxygens (including phenoxy) is 1. The van der Waals surface area contributed by atoms with Crippen molar-refractivity contribution in [3.8, 4) is 6.07 Å². The number of hydrogen-bond acceptors (Lipinski definition) is 6. The van der Waals surface area contributed by atoms with Crippen LogP contribution in [0, 0.1) is 11.3 Å². The maximum Gasteiger partial charge on any atom is 0.340 e. The van der Waals surface area contributed by atoms with Crippen LogP contribution < -0.4 is 0 Å². The van der Waals surface area contributed by atoms with Gasteiger partial charge in [0.2, 0.25) is 0 Å². The number of nitrogens with zero attached hydrogens (tertiary/aromatic N) is 2. The third kappa shape index (κ3) is 3.14. The summed E-state index contributed by atoms with van der Waals surface area (Å²) in [5, 5.41) is 10.2. The average Bonchev–Trinajstić information content (AvgIpc) is 2.37. The summed E-state index contributed by atoms with van der Waals surface area (Å²) in [7, 11) is 0. The molecule has 17 heavy (non-hydrogen) atoms. The molecule has 4 nitrogen and oxygen atoms in total. The minimum atomic E-state index is -0.437. The SMILES string of the molecule is CCOC(=O)c1cc(C#N)c(SC)nc1SC. The standard InChI is InChI=1S/C11H12N2O2S2/c1-4-15-11(14)8-5-7(6-12)9(16-2)13-10(8)17-3/h5H,4H2,1-3H3. The molecule has 1 rings (SSSR count). The van der Waals surface area contributed by atoms with Gasteiger partial charge in [0.15, 0.2) is 0 Å². The zero-order chi connectivity index (χ0) is 12.8. The molecule has 0 N–H and O–H groups in total. The van der Waals surface area contributed by atoms with Crippen LogP contribution in [0.15, 0.2) is 16.1 Å². The highest BCUT2D eigenvalue weighted by Gasteiger charge is 2.17. The summed E-state index contributed by atoms with van der Waals surface area (Å²) in [5.41, 5.74) is 0.757. The molecular formula is C11H12N2O2S2. The third-order valence-corrected chi connectivity index (χ3v) is 3.35. The van der Waals surface area contributed by atoms with Gasteiger partial charge in [-0.25, -0.2) is 9.78 Å². The molecule has 1 heterocycles. The Bertz CT molecular complexity index is 469. The smallest absolute Gasteiger partial charge is 0.340 e. The first-order valence-electron chi connectivity index (χ1n) is 4.88. The van der Waals surface area contributed by atoms with Gasteiger partial charge >= 0.3 is 5.97 Å². The van der Waals surface area contributed by atoms with E-state index in [4.69, 9.17) is 10.00 Å². The van der Waals surface area contributed by atoms with Crippen LogP contribution in [-0.2, 0) is 4.74 Å². The zero-order valence-corrected chi connectivity index (χ0v) is 11.4. The number of pyridine rings is 1. The number of esters is 1. The molecular weight excluding hydrogens is 256 g/mol. The molecule has 0 spiro atoms. The highest BCUT2D eigenvalue weighted by Crippen LogP contribution is 2.26. The average molecular weight is 268 g/mol. The molecule has 0 aliphatic rings. The lowest BCUT2D eigenvalue weighted by atomic mass is 10.2. The van der Waals surface area contributed by atoms with Crippen LogP contribution in [0.1, 0.15) is 22.8 Å². The monoisotopic (exact) mass is 268 g/mol. The largest absolute Gasteiger partial charge is 0.462 e. The van der Waals surface area contributed by atoms with Gasteiger partial charge in [-0.3, -0.25) is 0 Å². The Morgan fingerprint density at radius 2 is 2.12 bits per heavy atom. The number of nitriles is 1. The van der Waals surface area contributed by atoms with Gasteiger partial charge in [-0.05, 0) is 25.5 Å². The molecule has 0 aliphatic heterocycles. The van der Waals surface area contributed by atoms with Crippen molar-refractivity contribution in [2.75, 3.05) is 19.1 Å². The van der Waals surface area contributed by atoms with E-state index in [1.165, 1.54) is 23.5 Å². The van der Waals surface area contributed by atoms with Crippen molar-refractivity contribution < 1.29 is 9.53 Å². The minimum Gasteiger partial charge on any atom is -0.462 e. The van der Waals surface area contributed by atoms with Crippen molar-refractivity contribution in [1.82, 2.24) is 4.98 Å². The molecule has 0 fully saturated rings. The van der Waals surface area contributed by atoms with Crippen molar-refractivity contribution in [3.05, 3.63) is 17.2 Å². The maximum atomic E-state index is 11.7. The van der Waals surface area contributed by atoms with Crippen molar-refractivity contribution in [3.63, 3.8) is 0 Å². The molecule has 0 bridgehead atoms. The predicted molar refractivity (Wildman–Crippen MR) is 68.5 cm³/mol. The fourth-order valence-corrected chi connectivity index (χ4v) is 2.34. The molecule has 0 unspecified atom stereocenters. The normalized spacial score (nSPS) is 9.76. The summed E-state index contributed by atoms with van der Waals surface area (Å²) in [6.45, 7) is 2.05. The van der Waals surface area contributed by atoms with Crippen LogP contribution >= 0.6 is 23.5 Å². The topological polar surface area (TPSA) is 63.0 Å². The second kappa shape index (κ2) is 6.52.